The smallest absolute Gasteiger partial charge is 0.306 e. The molecule has 234 valence electrons. The van der Waals surface area contributed by atoms with Crippen molar-refractivity contribution in [3.8, 4) is 0 Å². The molecule has 0 aliphatic heterocycles. The molecule has 0 saturated heterocycles. The van der Waals surface area contributed by atoms with Crippen molar-refractivity contribution in [1.82, 2.24) is 0 Å². The lowest BCUT2D eigenvalue weighted by atomic mass is 10.1. The van der Waals surface area contributed by atoms with Gasteiger partial charge in [0.2, 0.25) is 0 Å². The zero-order chi connectivity index (χ0) is 30.1. The molecule has 0 radical (unpaired) electrons. The summed E-state index contributed by atoms with van der Waals surface area (Å²) in [6.45, 7) is 3.91. The van der Waals surface area contributed by atoms with E-state index in [0.29, 0.717) is 12.8 Å². The van der Waals surface area contributed by atoms with Gasteiger partial charge in [-0.25, -0.2) is 0 Å². The second-order valence-electron chi connectivity index (χ2n) is 10.5. The van der Waals surface area contributed by atoms with Crippen LogP contribution in [0.1, 0.15) is 136 Å². The Hall–Kier alpha value is -2.40. The lowest BCUT2D eigenvalue weighted by Gasteiger charge is -2.15. The third kappa shape index (κ3) is 30.4. The van der Waals surface area contributed by atoms with Gasteiger partial charge in [-0.05, 0) is 64.2 Å². The molecular weight excluding hydrogens is 512 g/mol. The summed E-state index contributed by atoms with van der Waals surface area (Å²) >= 11 is 0. The molecule has 5 heteroatoms. The molecule has 0 aromatic heterocycles. The van der Waals surface area contributed by atoms with E-state index >= 15 is 0 Å². The van der Waals surface area contributed by atoms with Gasteiger partial charge in [-0.15, -0.1) is 0 Å². The molecule has 0 aromatic rings. The molecule has 5 nitrogen and oxygen atoms in total. The average Bonchev–Trinajstić information content (AvgIpc) is 2.97. The van der Waals surface area contributed by atoms with E-state index in [0.717, 1.165) is 51.4 Å². The van der Waals surface area contributed by atoms with Crippen LogP contribution in [0.5, 0.6) is 0 Å². The summed E-state index contributed by atoms with van der Waals surface area (Å²) in [6, 6.07) is 0. The molecule has 0 aromatic carbocycles. The van der Waals surface area contributed by atoms with E-state index in [-0.39, 0.29) is 25.6 Å². The highest BCUT2D eigenvalue weighted by Gasteiger charge is 2.15. The maximum Gasteiger partial charge on any atom is 0.306 e. The summed E-state index contributed by atoms with van der Waals surface area (Å²) in [4.78, 5) is 24.0. The Morgan fingerprint density at radius 3 is 1.68 bits per heavy atom. The number of hydrogen-bond acceptors (Lipinski definition) is 5. The van der Waals surface area contributed by atoms with Gasteiger partial charge in [0.15, 0.2) is 6.10 Å². The van der Waals surface area contributed by atoms with Crippen molar-refractivity contribution >= 4 is 11.9 Å². The van der Waals surface area contributed by atoms with Crippen LogP contribution in [0.2, 0.25) is 0 Å². The highest BCUT2D eigenvalue weighted by molar-refractivity contribution is 5.70. The van der Waals surface area contributed by atoms with Crippen LogP contribution in [0.25, 0.3) is 0 Å². The van der Waals surface area contributed by atoms with E-state index < -0.39 is 12.1 Å². The minimum Gasteiger partial charge on any atom is -0.462 e. The van der Waals surface area contributed by atoms with E-state index in [9.17, 15) is 14.7 Å². The van der Waals surface area contributed by atoms with Crippen molar-refractivity contribution < 1.29 is 24.2 Å². The standard InChI is InChI=1S/C36H60O5/c1-3-5-7-9-11-13-15-17-19-20-22-24-26-28-30-35(38)40-33-34(32-37)41-36(39)31-29-27-25-23-21-18-16-14-12-10-8-6-4-2/h6,8,12,14-15,17-18,21,25,27,34,37H,3-5,7,9-11,13,16,19-20,22-24,26,28-33H2,1-2H3/b8-6-,14-12-,17-15-,21-18-,27-25-. The van der Waals surface area contributed by atoms with Crippen LogP contribution >= 0.6 is 0 Å². The summed E-state index contributed by atoms with van der Waals surface area (Å²) in [5.74, 6) is -0.703. The van der Waals surface area contributed by atoms with Gasteiger partial charge in [-0.2, -0.15) is 0 Å². The topological polar surface area (TPSA) is 72.8 Å². The Balaban J connectivity index is 3.73. The van der Waals surface area contributed by atoms with E-state index in [1.54, 1.807) is 0 Å². The van der Waals surface area contributed by atoms with Crippen molar-refractivity contribution in [2.24, 2.45) is 0 Å². The van der Waals surface area contributed by atoms with Crippen molar-refractivity contribution in [1.29, 1.82) is 0 Å². The van der Waals surface area contributed by atoms with E-state index in [1.807, 2.05) is 12.2 Å². The number of unbranched alkanes of at least 4 members (excludes halogenated alkanes) is 10. The molecule has 0 heterocycles. The van der Waals surface area contributed by atoms with Crippen LogP contribution in [-0.4, -0.2) is 36.4 Å². The Morgan fingerprint density at radius 2 is 1.10 bits per heavy atom. The molecule has 0 rings (SSSR count). The number of esters is 2. The Bertz CT molecular complexity index is 747. The largest absolute Gasteiger partial charge is 0.462 e. The third-order valence-corrected chi connectivity index (χ3v) is 6.56. The zero-order valence-electron chi connectivity index (χ0n) is 26.3. The normalized spacial score (nSPS) is 13.0. The number of carbonyl (C=O) groups is 2. The molecular formula is C36H60O5. The van der Waals surface area contributed by atoms with Gasteiger partial charge < -0.3 is 14.6 Å². The average molecular weight is 573 g/mol. The minimum absolute atomic E-state index is 0.101. The van der Waals surface area contributed by atoms with Crippen LogP contribution in [0.15, 0.2) is 60.8 Å². The molecule has 0 spiro atoms. The lowest BCUT2D eigenvalue weighted by molar-refractivity contribution is -0.161. The minimum atomic E-state index is -0.812. The predicted octanol–water partition coefficient (Wildman–Crippen LogP) is 9.67. The van der Waals surface area contributed by atoms with Gasteiger partial charge in [0.1, 0.15) is 6.61 Å². The summed E-state index contributed by atoms with van der Waals surface area (Å²) in [6.07, 6.45) is 40.0. The first kappa shape index (κ1) is 38.6. The van der Waals surface area contributed by atoms with Crippen molar-refractivity contribution in [3.63, 3.8) is 0 Å². The highest BCUT2D eigenvalue weighted by atomic mass is 16.6. The van der Waals surface area contributed by atoms with Gasteiger partial charge in [0, 0.05) is 12.8 Å². The maximum absolute atomic E-state index is 12.0. The lowest BCUT2D eigenvalue weighted by Crippen LogP contribution is -2.28. The number of aliphatic hydroxyl groups excluding tert-OH is 1. The molecule has 1 N–H and O–H groups in total. The number of carbonyl (C=O) groups excluding carboxylic acids is 2. The second kappa shape index (κ2) is 32.1. The van der Waals surface area contributed by atoms with Gasteiger partial charge in [-0.3, -0.25) is 9.59 Å². The fourth-order valence-electron chi connectivity index (χ4n) is 4.09. The first-order valence-electron chi connectivity index (χ1n) is 16.3. The molecule has 1 atom stereocenters. The number of ether oxygens (including phenoxy) is 2. The molecule has 0 amide bonds. The van der Waals surface area contributed by atoms with E-state index in [2.05, 4.69) is 62.5 Å². The summed E-state index contributed by atoms with van der Waals surface area (Å²) in [7, 11) is 0. The van der Waals surface area contributed by atoms with E-state index in [1.165, 1.54) is 51.4 Å². The maximum atomic E-state index is 12.0. The number of hydrogen-bond donors (Lipinski definition) is 1. The van der Waals surface area contributed by atoms with Crippen LogP contribution in [0.4, 0.5) is 0 Å². The number of rotatable bonds is 28. The number of allylic oxidation sites excluding steroid dienone is 10. The zero-order valence-corrected chi connectivity index (χ0v) is 26.3. The summed E-state index contributed by atoms with van der Waals surface area (Å²) in [5.41, 5.74) is 0. The van der Waals surface area contributed by atoms with Gasteiger partial charge in [0.25, 0.3) is 0 Å². The first-order chi connectivity index (χ1) is 20.1. The quantitative estimate of drug-likeness (QED) is 0.0574. The van der Waals surface area contributed by atoms with Crippen LogP contribution in [0.3, 0.4) is 0 Å². The van der Waals surface area contributed by atoms with Crippen LogP contribution in [-0.2, 0) is 19.1 Å². The fourth-order valence-corrected chi connectivity index (χ4v) is 4.09. The molecule has 41 heavy (non-hydrogen) atoms. The molecule has 0 saturated carbocycles. The Labute approximate surface area is 251 Å². The monoisotopic (exact) mass is 572 g/mol. The molecule has 0 fully saturated rings. The van der Waals surface area contributed by atoms with Gasteiger partial charge in [-0.1, -0.05) is 120 Å². The van der Waals surface area contributed by atoms with E-state index in [4.69, 9.17) is 9.47 Å². The SMILES string of the molecule is CC/C=C\C/C=C\C/C=C\C/C=C\CCC(=O)OC(CO)COC(=O)CCCCCCC/C=C\CCCCCCC. The van der Waals surface area contributed by atoms with Gasteiger partial charge >= 0.3 is 11.9 Å². The van der Waals surface area contributed by atoms with Gasteiger partial charge in [0.05, 0.1) is 6.61 Å². The van der Waals surface area contributed by atoms with Crippen molar-refractivity contribution in [3.05, 3.63) is 60.8 Å². The predicted molar refractivity (Wildman–Crippen MR) is 173 cm³/mol. The summed E-state index contributed by atoms with van der Waals surface area (Å²) in [5, 5.41) is 9.48. The molecule has 0 aliphatic rings. The molecule has 1 unspecified atom stereocenters. The fraction of sp³-hybridized carbons (Fsp3) is 0.667. The first-order valence-corrected chi connectivity index (χ1v) is 16.3. The van der Waals surface area contributed by atoms with Crippen LogP contribution in [0, 0.1) is 0 Å². The summed E-state index contributed by atoms with van der Waals surface area (Å²) < 4.78 is 10.5. The Kier molecular flexibility index (Phi) is 30.2. The van der Waals surface area contributed by atoms with Crippen molar-refractivity contribution in [2.45, 2.75) is 142 Å². The highest BCUT2D eigenvalue weighted by Crippen LogP contribution is 2.10. The second-order valence-corrected chi connectivity index (χ2v) is 10.5. The third-order valence-electron chi connectivity index (χ3n) is 6.56. The molecule has 0 aliphatic carbocycles. The van der Waals surface area contributed by atoms with Crippen LogP contribution < -0.4 is 0 Å². The Morgan fingerprint density at radius 1 is 0.585 bits per heavy atom. The van der Waals surface area contributed by atoms with Crippen molar-refractivity contribution in [2.75, 3.05) is 13.2 Å². The number of aliphatic hydroxyl groups is 1. The molecule has 0 bridgehead atoms.